The van der Waals surface area contributed by atoms with Crippen LogP contribution in [-0.2, 0) is 0 Å². The van der Waals surface area contributed by atoms with Crippen molar-refractivity contribution in [3.05, 3.63) is 42.5 Å². The molecular weight excluding hydrogens is 260 g/mol. The first-order chi connectivity index (χ1) is 10.3. The quantitative estimate of drug-likeness (QED) is 0.739. The summed E-state index contributed by atoms with van der Waals surface area (Å²) in [6.45, 7) is 2.32. The van der Waals surface area contributed by atoms with Crippen molar-refractivity contribution in [1.82, 2.24) is 20.2 Å². The van der Waals surface area contributed by atoms with Crippen LogP contribution >= 0.6 is 0 Å². The van der Waals surface area contributed by atoms with E-state index in [4.69, 9.17) is 0 Å². The maximum Gasteiger partial charge on any atom is 0.137 e. The van der Waals surface area contributed by atoms with Gasteiger partial charge in [0, 0.05) is 35.1 Å². The molecule has 3 heterocycles. The predicted octanol–water partition coefficient (Wildman–Crippen LogP) is 4.16. The van der Waals surface area contributed by atoms with Gasteiger partial charge >= 0.3 is 0 Å². The van der Waals surface area contributed by atoms with Crippen LogP contribution in [0.1, 0.15) is 31.7 Å². The van der Waals surface area contributed by atoms with Gasteiger partial charge in [0.1, 0.15) is 5.65 Å². The highest BCUT2D eigenvalue weighted by atomic mass is 15.1. The molecule has 1 aliphatic carbocycles. The lowest BCUT2D eigenvalue weighted by Crippen LogP contribution is -2.01. The van der Waals surface area contributed by atoms with E-state index in [1.54, 1.807) is 0 Å². The summed E-state index contributed by atoms with van der Waals surface area (Å²) in [5, 5.41) is 8.07. The minimum Gasteiger partial charge on any atom is -0.346 e. The Balaban J connectivity index is 1.80. The minimum atomic E-state index is 0.805. The van der Waals surface area contributed by atoms with Crippen molar-refractivity contribution >= 4 is 16.6 Å². The van der Waals surface area contributed by atoms with Crippen LogP contribution in [0.5, 0.6) is 0 Å². The van der Waals surface area contributed by atoms with Crippen LogP contribution in [0.25, 0.3) is 27.7 Å². The monoisotopic (exact) mass is 278 g/mol. The summed E-state index contributed by atoms with van der Waals surface area (Å²) in [4.78, 5) is 7.82. The summed E-state index contributed by atoms with van der Waals surface area (Å²) in [6.07, 6.45) is 13.7. The Morgan fingerprint density at radius 2 is 2.14 bits per heavy atom. The van der Waals surface area contributed by atoms with Crippen molar-refractivity contribution < 1.29 is 0 Å². The van der Waals surface area contributed by atoms with Gasteiger partial charge in [-0.3, -0.25) is 5.10 Å². The molecular formula is C17H18N4. The second-order valence-electron chi connectivity index (χ2n) is 5.92. The zero-order valence-electron chi connectivity index (χ0n) is 12.1. The van der Waals surface area contributed by atoms with Gasteiger partial charge in [0.2, 0.25) is 0 Å². The summed E-state index contributed by atoms with van der Waals surface area (Å²) in [6, 6.07) is 2.25. The van der Waals surface area contributed by atoms with E-state index in [-0.39, 0.29) is 0 Å². The molecule has 3 aromatic rings. The van der Waals surface area contributed by atoms with Gasteiger partial charge in [-0.1, -0.05) is 13.0 Å². The molecule has 2 N–H and O–H groups in total. The second-order valence-corrected chi connectivity index (χ2v) is 5.92. The Hall–Kier alpha value is -2.36. The number of nitrogens with zero attached hydrogens (tertiary/aromatic N) is 2. The maximum atomic E-state index is 4.58. The van der Waals surface area contributed by atoms with Gasteiger partial charge in [-0.2, -0.15) is 5.10 Å². The Kier molecular flexibility index (Phi) is 2.88. The number of fused-ring (bicyclic) bond motifs is 1. The average molecular weight is 278 g/mol. The van der Waals surface area contributed by atoms with E-state index in [9.17, 15) is 0 Å². The van der Waals surface area contributed by atoms with Crippen LogP contribution in [0.4, 0.5) is 0 Å². The highest BCUT2D eigenvalue weighted by Gasteiger charge is 2.14. The fourth-order valence-electron chi connectivity index (χ4n) is 3.04. The Labute approximate surface area is 123 Å². The number of hydrogen-bond donors (Lipinski definition) is 2. The summed E-state index contributed by atoms with van der Waals surface area (Å²) < 4.78 is 0. The molecule has 1 atom stereocenters. The molecule has 106 valence electrons. The molecule has 0 saturated carbocycles. The minimum absolute atomic E-state index is 0.805. The van der Waals surface area contributed by atoms with Gasteiger partial charge in [0.25, 0.3) is 0 Å². The molecule has 0 spiro atoms. The molecule has 4 rings (SSSR count). The molecule has 0 amide bonds. The highest BCUT2D eigenvalue weighted by molar-refractivity contribution is 5.94. The van der Waals surface area contributed by atoms with Gasteiger partial charge in [-0.05, 0) is 42.4 Å². The summed E-state index contributed by atoms with van der Waals surface area (Å²) in [5.41, 5.74) is 5.85. The van der Waals surface area contributed by atoms with E-state index in [1.807, 2.05) is 24.8 Å². The summed E-state index contributed by atoms with van der Waals surface area (Å²) in [7, 11) is 0. The van der Waals surface area contributed by atoms with Crippen LogP contribution in [-0.4, -0.2) is 20.2 Å². The molecule has 0 aromatic carbocycles. The summed E-state index contributed by atoms with van der Waals surface area (Å²) >= 11 is 0. The number of allylic oxidation sites excluding steroid dienone is 2. The zero-order valence-corrected chi connectivity index (χ0v) is 12.1. The number of nitrogens with one attached hydrogen (secondary N) is 2. The van der Waals surface area contributed by atoms with Crippen LogP contribution < -0.4 is 0 Å². The van der Waals surface area contributed by atoms with Gasteiger partial charge in [-0.15, -0.1) is 0 Å². The van der Waals surface area contributed by atoms with Gasteiger partial charge in [-0.25, -0.2) is 4.98 Å². The van der Waals surface area contributed by atoms with Crippen LogP contribution in [0.15, 0.2) is 36.9 Å². The Bertz CT molecular complexity index is 795. The first kappa shape index (κ1) is 12.4. The van der Waals surface area contributed by atoms with E-state index < -0.39 is 0 Å². The number of aromatic nitrogens is 4. The first-order valence-corrected chi connectivity index (χ1v) is 7.47. The fraction of sp³-hybridized carbons (Fsp3) is 0.294. The number of pyridine rings is 1. The van der Waals surface area contributed by atoms with Crippen LogP contribution in [0.2, 0.25) is 0 Å². The van der Waals surface area contributed by atoms with Crippen molar-refractivity contribution in [3.63, 3.8) is 0 Å². The molecule has 0 bridgehead atoms. The van der Waals surface area contributed by atoms with Gasteiger partial charge in [0.05, 0.1) is 6.20 Å². The second kappa shape index (κ2) is 4.88. The molecule has 1 unspecified atom stereocenters. The fourth-order valence-corrected chi connectivity index (χ4v) is 3.04. The third-order valence-electron chi connectivity index (χ3n) is 4.38. The van der Waals surface area contributed by atoms with Crippen molar-refractivity contribution in [2.75, 3.05) is 0 Å². The molecule has 3 aromatic heterocycles. The Morgan fingerprint density at radius 1 is 1.19 bits per heavy atom. The molecule has 0 aliphatic heterocycles. The molecule has 4 heteroatoms. The lowest BCUT2D eigenvalue weighted by molar-refractivity contribution is 0.534. The molecule has 0 radical (unpaired) electrons. The SMILES string of the molecule is CC1CC=C(c2cnc3[nH]cc(-c4cn[nH]c4)c3c2)CC1. The Morgan fingerprint density at radius 3 is 2.90 bits per heavy atom. The lowest BCUT2D eigenvalue weighted by Gasteiger charge is -2.18. The standard InChI is InChI=1S/C17H18N4/c1-11-2-4-12(5-3-11)13-6-15-16(14-8-20-21-9-14)10-19-17(15)18-7-13/h4,6-11H,2-3,5H2,1H3,(H,18,19)(H,20,21). The van der Waals surface area contributed by atoms with E-state index >= 15 is 0 Å². The van der Waals surface area contributed by atoms with E-state index in [0.29, 0.717) is 0 Å². The first-order valence-electron chi connectivity index (χ1n) is 7.47. The maximum absolute atomic E-state index is 4.58. The van der Waals surface area contributed by atoms with Gasteiger partial charge < -0.3 is 4.98 Å². The topological polar surface area (TPSA) is 57.4 Å². The third-order valence-corrected chi connectivity index (χ3v) is 4.38. The summed E-state index contributed by atoms with van der Waals surface area (Å²) in [5.74, 6) is 0.805. The molecule has 0 fully saturated rings. The molecule has 4 nitrogen and oxygen atoms in total. The van der Waals surface area contributed by atoms with E-state index in [1.165, 1.54) is 24.0 Å². The number of rotatable bonds is 2. The average Bonchev–Trinajstić information content (AvgIpc) is 3.16. The van der Waals surface area contributed by atoms with Crippen molar-refractivity contribution in [1.29, 1.82) is 0 Å². The normalized spacial score (nSPS) is 18.9. The van der Waals surface area contributed by atoms with Crippen molar-refractivity contribution in [2.45, 2.75) is 26.2 Å². The van der Waals surface area contributed by atoms with Crippen LogP contribution in [0, 0.1) is 5.92 Å². The highest BCUT2D eigenvalue weighted by Crippen LogP contribution is 2.33. The van der Waals surface area contributed by atoms with Crippen LogP contribution in [0.3, 0.4) is 0 Å². The van der Waals surface area contributed by atoms with Gasteiger partial charge in [0.15, 0.2) is 0 Å². The predicted molar refractivity (Wildman–Crippen MR) is 84.7 cm³/mol. The van der Waals surface area contributed by atoms with Crippen molar-refractivity contribution in [2.24, 2.45) is 5.92 Å². The molecule has 1 aliphatic rings. The lowest BCUT2D eigenvalue weighted by atomic mass is 9.88. The zero-order chi connectivity index (χ0) is 14.2. The van der Waals surface area contributed by atoms with E-state index in [0.717, 1.165) is 34.5 Å². The largest absolute Gasteiger partial charge is 0.346 e. The third kappa shape index (κ3) is 2.17. The number of hydrogen-bond acceptors (Lipinski definition) is 2. The number of H-pyrrole nitrogens is 2. The number of aromatic amines is 2. The molecule has 0 saturated heterocycles. The van der Waals surface area contributed by atoms with Crippen molar-refractivity contribution in [3.8, 4) is 11.1 Å². The molecule has 21 heavy (non-hydrogen) atoms. The van der Waals surface area contributed by atoms with E-state index in [2.05, 4.69) is 39.2 Å². The smallest absolute Gasteiger partial charge is 0.137 e.